The van der Waals surface area contributed by atoms with Crippen molar-refractivity contribution >= 4 is 5.57 Å². The summed E-state index contributed by atoms with van der Waals surface area (Å²) in [5.74, 6) is -9.54. The van der Waals surface area contributed by atoms with E-state index >= 15 is 0 Å². The van der Waals surface area contributed by atoms with Gasteiger partial charge < -0.3 is 4.74 Å². The predicted molar refractivity (Wildman–Crippen MR) is 122 cm³/mol. The second-order valence-corrected chi connectivity index (χ2v) is 8.91. The van der Waals surface area contributed by atoms with Crippen molar-refractivity contribution in [3.8, 4) is 5.75 Å². The number of hydrogen-bond donors (Lipinski definition) is 0. The average molecular weight is 526 g/mol. The molecular weight excluding hydrogens is 504 g/mol. The minimum absolute atomic E-state index is 0.0721. The Kier molecular flexibility index (Phi) is 7.62. The number of halogens is 8. The van der Waals surface area contributed by atoms with E-state index in [9.17, 15) is 35.1 Å². The molecule has 0 aromatic heterocycles. The van der Waals surface area contributed by atoms with E-state index in [4.69, 9.17) is 0 Å². The van der Waals surface area contributed by atoms with Crippen LogP contribution >= 0.6 is 0 Å². The summed E-state index contributed by atoms with van der Waals surface area (Å²) in [6.07, 6.45) is -0.218. The van der Waals surface area contributed by atoms with E-state index in [1.165, 1.54) is 6.07 Å². The zero-order valence-corrected chi connectivity index (χ0v) is 19.7. The lowest BCUT2D eigenvalue weighted by molar-refractivity contribution is -0.187. The van der Waals surface area contributed by atoms with Gasteiger partial charge in [-0.25, -0.2) is 26.3 Å². The van der Waals surface area contributed by atoms with Crippen LogP contribution in [0.2, 0.25) is 0 Å². The zero-order valence-electron chi connectivity index (χ0n) is 19.7. The van der Waals surface area contributed by atoms with Crippen LogP contribution < -0.4 is 4.74 Å². The molecule has 1 aliphatic carbocycles. The molecule has 4 rings (SSSR count). The van der Waals surface area contributed by atoms with Gasteiger partial charge in [0.05, 0.1) is 5.56 Å². The number of hydrogen-bond acceptors (Lipinski definition) is 1. The van der Waals surface area contributed by atoms with Crippen LogP contribution in [0.4, 0.5) is 35.1 Å². The van der Waals surface area contributed by atoms with E-state index < -0.39 is 52.3 Å². The standard InChI is InChI=1S/C28H22F8O/c1-2-3-17-8-10-20(26(33)25(17)32)16-6-4-15(5-7-16)18-9-11-24(21(29)12-18)37-28(35,36)19-13-22(30)27(34)23(31)14-19/h6,8-15H,2-5,7H2,1H3. The maximum absolute atomic E-state index is 14.6. The maximum atomic E-state index is 14.6. The molecule has 37 heavy (non-hydrogen) atoms. The van der Waals surface area contributed by atoms with Crippen LogP contribution in [0.3, 0.4) is 0 Å². The van der Waals surface area contributed by atoms with Gasteiger partial charge in [0.15, 0.2) is 40.7 Å². The summed E-state index contributed by atoms with van der Waals surface area (Å²) in [5, 5.41) is 0. The molecule has 3 aromatic carbocycles. The lowest BCUT2D eigenvalue weighted by Gasteiger charge is -2.24. The largest absolute Gasteiger partial charge is 0.427 e. The maximum Gasteiger partial charge on any atom is 0.427 e. The second kappa shape index (κ2) is 10.6. The van der Waals surface area contributed by atoms with Crippen LogP contribution in [-0.2, 0) is 12.5 Å². The Morgan fingerprint density at radius 1 is 0.838 bits per heavy atom. The molecule has 0 spiro atoms. The number of ether oxygens (including phenoxy) is 1. The van der Waals surface area contributed by atoms with Gasteiger partial charge in [-0.1, -0.05) is 37.6 Å². The molecule has 0 heterocycles. The lowest BCUT2D eigenvalue weighted by atomic mass is 9.82. The summed E-state index contributed by atoms with van der Waals surface area (Å²) in [4.78, 5) is 0. The molecule has 0 fully saturated rings. The molecule has 0 aliphatic heterocycles. The summed E-state index contributed by atoms with van der Waals surface area (Å²) >= 11 is 0. The van der Waals surface area contributed by atoms with Gasteiger partial charge >= 0.3 is 6.11 Å². The second-order valence-electron chi connectivity index (χ2n) is 8.91. The fraction of sp³-hybridized carbons (Fsp3) is 0.286. The first-order valence-corrected chi connectivity index (χ1v) is 11.7. The third kappa shape index (κ3) is 5.50. The van der Waals surface area contributed by atoms with E-state index in [1.807, 2.05) is 6.92 Å². The van der Waals surface area contributed by atoms with Crippen LogP contribution in [-0.4, -0.2) is 0 Å². The third-order valence-electron chi connectivity index (χ3n) is 6.42. The Balaban J connectivity index is 1.49. The van der Waals surface area contributed by atoms with E-state index in [2.05, 4.69) is 4.74 Å². The molecule has 9 heteroatoms. The van der Waals surface area contributed by atoms with E-state index in [0.29, 0.717) is 48.8 Å². The summed E-state index contributed by atoms with van der Waals surface area (Å²) in [7, 11) is 0. The van der Waals surface area contributed by atoms with Gasteiger partial charge in [-0.15, -0.1) is 0 Å². The molecule has 0 saturated carbocycles. The van der Waals surface area contributed by atoms with Crippen LogP contribution in [0, 0.1) is 34.9 Å². The van der Waals surface area contributed by atoms with Gasteiger partial charge in [0.2, 0.25) is 0 Å². The topological polar surface area (TPSA) is 9.23 Å². The smallest absolute Gasteiger partial charge is 0.426 e. The molecule has 196 valence electrons. The van der Waals surface area contributed by atoms with Gasteiger partial charge in [-0.2, -0.15) is 8.78 Å². The normalized spacial score (nSPS) is 16.0. The van der Waals surface area contributed by atoms with Crippen LogP contribution in [0.1, 0.15) is 60.8 Å². The van der Waals surface area contributed by atoms with Crippen molar-refractivity contribution in [3.05, 3.63) is 106 Å². The van der Waals surface area contributed by atoms with E-state index in [1.54, 1.807) is 18.2 Å². The van der Waals surface area contributed by atoms with Crippen LogP contribution in [0.5, 0.6) is 5.75 Å². The summed E-state index contributed by atoms with van der Waals surface area (Å²) in [6, 6.07) is 6.63. The molecule has 0 amide bonds. The molecule has 0 N–H and O–H groups in total. The fourth-order valence-corrected chi connectivity index (χ4v) is 4.46. The Bertz CT molecular complexity index is 1330. The first-order chi connectivity index (χ1) is 17.5. The van der Waals surface area contributed by atoms with E-state index in [-0.39, 0.29) is 23.6 Å². The van der Waals surface area contributed by atoms with Crippen LogP contribution in [0.15, 0.2) is 48.5 Å². The van der Waals surface area contributed by atoms with Crippen LogP contribution in [0.25, 0.3) is 5.57 Å². The highest BCUT2D eigenvalue weighted by Crippen LogP contribution is 2.40. The molecule has 1 unspecified atom stereocenters. The van der Waals surface area contributed by atoms with Gasteiger partial charge in [0.1, 0.15) is 0 Å². The van der Waals surface area contributed by atoms with Crippen molar-refractivity contribution in [3.63, 3.8) is 0 Å². The summed E-state index contributed by atoms with van der Waals surface area (Å²) < 4.78 is 117. The van der Waals surface area contributed by atoms with E-state index in [0.717, 1.165) is 12.1 Å². The minimum Gasteiger partial charge on any atom is -0.426 e. The summed E-state index contributed by atoms with van der Waals surface area (Å²) in [5.41, 5.74) is 0.295. The molecule has 3 aromatic rings. The molecule has 1 nitrogen and oxygen atoms in total. The van der Waals surface area contributed by atoms with Gasteiger partial charge in [-0.3, -0.25) is 0 Å². The Morgan fingerprint density at radius 3 is 2.14 bits per heavy atom. The van der Waals surface area contributed by atoms with Gasteiger partial charge in [0, 0.05) is 5.56 Å². The van der Waals surface area contributed by atoms with Crippen molar-refractivity contribution in [1.82, 2.24) is 0 Å². The highest BCUT2D eigenvalue weighted by Gasteiger charge is 2.37. The first-order valence-electron chi connectivity index (χ1n) is 11.7. The Hall–Kier alpha value is -3.36. The highest BCUT2D eigenvalue weighted by atomic mass is 19.3. The fourth-order valence-electron chi connectivity index (χ4n) is 4.46. The first kappa shape index (κ1) is 26.7. The minimum atomic E-state index is -4.34. The number of benzene rings is 3. The number of aryl methyl sites for hydroxylation is 1. The third-order valence-corrected chi connectivity index (χ3v) is 6.42. The highest BCUT2D eigenvalue weighted by molar-refractivity contribution is 5.67. The molecule has 1 aliphatic rings. The van der Waals surface area contributed by atoms with Crippen molar-refractivity contribution in [2.45, 2.75) is 51.1 Å². The van der Waals surface area contributed by atoms with Gasteiger partial charge in [-0.05, 0) is 72.6 Å². The van der Waals surface area contributed by atoms with Crippen molar-refractivity contribution in [2.24, 2.45) is 0 Å². The predicted octanol–water partition coefficient (Wildman–Crippen LogP) is 8.95. The number of rotatable bonds is 7. The summed E-state index contributed by atoms with van der Waals surface area (Å²) in [6.45, 7) is 1.87. The lowest BCUT2D eigenvalue weighted by Crippen LogP contribution is -2.23. The van der Waals surface area contributed by atoms with Crippen molar-refractivity contribution < 1.29 is 39.9 Å². The monoisotopic (exact) mass is 526 g/mol. The molecule has 0 saturated heterocycles. The molecule has 1 atom stereocenters. The van der Waals surface area contributed by atoms with Crippen molar-refractivity contribution in [2.75, 3.05) is 0 Å². The molecule has 0 radical (unpaired) electrons. The van der Waals surface area contributed by atoms with Crippen molar-refractivity contribution in [1.29, 1.82) is 0 Å². The molecular formula is C28H22F8O. The Morgan fingerprint density at radius 2 is 1.54 bits per heavy atom. The number of alkyl halides is 2. The SMILES string of the molecule is CCCc1ccc(C2=CCC(c3ccc(OC(F)(F)c4cc(F)c(F)c(F)c4)c(F)c3)CC2)c(F)c1F. The number of allylic oxidation sites excluding steroid dienone is 2. The molecule has 0 bridgehead atoms. The average Bonchev–Trinajstić information content (AvgIpc) is 2.86. The Labute approximate surface area is 208 Å². The quantitative estimate of drug-likeness (QED) is 0.221. The van der Waals surface area contributed by atoms with Gasteiger partial charge in [0.25, 0.3) is 0 Å². The zero-order chi connectivity index (χ0) is 26.9.